The summed E-state index contributed by atoms with van der Waals surface area (Å²) in [7, 11) is 0. The Kier molecular flexibility index (Phi) is 2.55. The molecular formula is C10H13N3O2. The van der Waals surface area contributed by atoms with Crippen LogP contribution in [0.25, 0.3) is 11.4 Å². The fourth-order valence-electron chi connectivity index (χ4n) is 1.44. The van der Waals surface area contributed by atoms with E-state index in [4.69, 9.17) is 9.63 Å². The molecule has 0 unspecified atom stereocenters. The first-order valence-electron chi connectivity index (χ1n) is 4.79. The summed E-state index contributed by atoms with van der Waals surface area (Å²) in [6.07, 6.45) is 0. The Morgan fingerprint density at radius 2 is 2.13 bits per heavy atom. The molecule has 2 rings (SSSR count). The van der Waals surface area contributed by atoms with Crippen LogP contribution in [-0.4, -0.2) is 26.7 Å². The largest absolute Gasteiger partial charge is 0.394 e. The topological polar surface area (TPSA) is 64.1 Å². The Morgan fingerprint density at radius 3 is 2.73 bits per heavy atom. The van der Waals surface area contributed by atoms with Gasteiger partial charge in [-0.1, -0.05) is 5.16 Å². The maximum Gasteiger partial charge on any atom is 0.134 e. The second-order valence-corrected chi connectivity index (χ2v) is 3.44. The Morgan fingerprint density at radius 1 is 1.33 bits per heavy atom. The van der Waals surface area contributed by atoms with Crippen LogP contribution < -0.4 is 0 Å². The molecule has 2 aromatic rings. The van der Waals surface area contributed by atoms with Gasteiger partial charge in [0.2, 0.25) is 0 Å². The van der Waals surface area contributed by atoms with Crippen LogP contribution in [-0.2, 0) is 6.54 Å². The van der Waals surface area contributed by atoms with Gasteiger partial charge in [-0.2, -0.15) is 5.10 Å². The molecule has 0 saturated carbocycles. The quantitative estimate of drug-likeness (QED) is 0.819. The van der Waals surface area contributed by atoms with Crippen molar-refractivity contribution in [3.05, 3.63) is 23.6 Å². The molecule has 2 aromatic heterocycles. The van der Waals surface area contributed by atoms with Gasteiger partial charge >= 0.3 is 0 Å². The van der Waals surface area contributed by atoms with Crippen molar-refractivity contribution >= 4 is 0 Å². The van der Waals surface area contributed by atoms with Gasteiger partial charge in [-0.05, 0) is 19.9 Å². The van der Waals surface area contributed by atoms with Crippen molar-refractivity contribution < 1.29 is 9.63 Å². The first kappa shape index (κ1) is 9.92. The molecule has 0 aromatic carbocycles. The van der Waals surface area contributed by atoms with Gasteiger partial charge < -0.3 is 9.63 Å². The van der Waals surface area contributed by atoms with Crippen LogP contribution >= 0.6 is 0 Å². The van der Waals surface area contributed by atoms with Crippen molar-refractivity contribution in [2.24, 2.45) is 0 Å². The van der Waals surface area contributed by atoms with Crippen molar-refractivity contribution in [2.75, 3.05) is 6.61 Å². The number of aliphatic hydroxyl groups is 1. The van der Waals surface area contributed by atoms with E-state index in [9.17, 15) is 0 Å². The number of aromatic nitrogens is 3. The van der Waals surface area contributed by atoms with Gasteiger partial charge in [0, 0.05) is 11.8 Å². The minimum absolute atomic E-state index is 0.0831. The first-order valence-corrected chi connectivity index (χ1v) is 4.79. The van der Waals surface area contributed by atoms with Gasteiger partial charge in [0.1, 0.15) is 17.1 Å². The second kappa shape index (κ2) is 3.86. The summed E-state index contributed by atoms with van der Waals surface area (Å²) in [5.41, 5.74) is 2.50. The minimum atomic E-state index is 0.0831. The molecule has 15 heavy (non-hydrogen) atoms. The van der Waals surface area contributed by atoms with E-state index in [1.165, 1.54) is 0 Å². The predicted octanol–water partition coefficient (Wildman–Crippen LogP) is 1.15. The van der Waals surface area contributed by atoms with E-state index in [0.717, 1.165) is 22.8 Å². The highest BCUT2D eigenvalue weighted by atomic mass is 16.5. The molecule has 0 aliphatic rings. The van der Waals surface area contributed by atoms with Crippen LogP contribution in [0.15, 0.2) is 16.7 Å². The number of nitrogens with zero attached hydrogens (tertiary/aromatic N) is 3. The minimum Gasteiger partial charge on any atom is -0.394 e. The number of hydrogen-bond acceptors (Lipinski definition) is 4. The van der Waals surface area contributed by atoms with E-state index in [-0.39, 0.29) is 6.61 Å². The molecule has 0 spiro atoms. The van der Waals surface area contributed by atoms with E-state index in [0.29, 0.717) is 6.54 Å². The summed E-state index contributed by atoms with van der Waals surface area (Å²) in [6, 6.07) is 3.76. The van der Waals surface area contributed by atoms with Gasteiger partial charge in [-0.3, -0.25) is 4.68 Å². The van der Waals surface area contributed by atoms with Crippen molar-refractivity contribution in [1.82, 2.24) is 14.9 Å². The molecule has 0 radical (unpaired) electrons. The monoisotopic (exact) mass is 207 g/mol. The van der Waals surface area contributed by atoms with Gasteiger partial charge in [-0.15, -0.1) is 0 Å². The van der Waals surface area contributed by atoms with E-state index in [1.54, 1.807) is 4.68 Å². The summed E-state index contributed by atoms with van der Waals surface area (Å²) in [5.74, 6) is 0.763. The second-order valence-electron chi connectivity index (χ2n) is 3.44. The normalized spacial score (nSPS) is 10.9. The summed E-state index contributed by atoms with van der Waals surface area (Å²) < 4.78 is 6.73. The maximum absolute atomic E-state index is 8.83. The van der Waals surface area contributed by atoms with Crippen molar-refractivity contribution in [3.8, 4) is 11.4 Å². The molecular weight excluding hydrogens is 194 g/mol. The SMILES string of the molecule is Cc1cc(-c2cc(C)n(CCO)n2)no1. The lowest BCUT2D eigenvalue weighted by atomic mass is 10.3. The van der Waals surface area contributed by atoms with Crippen LogP contribution in [0, 0.1) is 13.8 Å². The summed E-state index contributed by atoms with van der Waals surface area (Å²) >= 11 is 0. The highest BCUT2D eigenvalue weighted by molar-refractivity contribution is 5.53. The lowest BCUT2D eigenvalue weighted by Gasteiger charge is -1.98. The molecule has 5 heteroatoms. The summed E-state index contributed by atoms with van der Waals surface area (Å²) in [5, 5.41) is 17.0. The summed E-state index contributed by atoms with van der Waals surface area (Å²) in [6.45, 7) is 4.37. The van der Waals surface area contributed by atoms with E-state index in [1.807, 2.05) is 26.0 Å². The van der Waals surface area contributed by atoms with Gasteiger partial charge in [0.15, 0.2) is 0 Å². The first-order chi connectivity index (χ1) is 7.20. The smallest absolute Gasteiger partial charge is 0.134 e. The average molecular weight is 207 g/mol. The molecule has 80 valence electrons. The van der Waals surface area contributed by atoms with Crippen molar-refractivity contribution in [1.29, 1.82) is 0 Å². The highest BCUT2D eigenvalue weighted by Crippen LogP contribution is 2.18. The third-order valence-corrected chi connectivity index (χ3v) is 2.18. The lowest BCUT2D eigenvalue weighted by molar-refractivity contribution is 0.268. The summed E-state index contributed by atoms with van der Waals surface area (Å²) in [4.78, 5) is 0. The molecule has 1 N–H and O–H groups in total. The Bertz CT molecular complexity index is 459. The van der Waals surface area contributed by atoms with Gasteiger partial charge in [0.05, 0.1) is 13.2 Å². The molecule has 0 bridgehead atoms. The van der Waals surface area contributed by atoms with E-state index < -0.39 is 0 Å². The zero-order valence-electron chi connectivity index (χ0n) is 8.77. The highest BCUT2D eigenvalue weighted by Gasteiger charge is 2.09. The van der Waals surface area contributed by atoms with E-state index in [2.05, 4.69) is 10.3 Å². The van der Waals surface area contributed by atoms with Crippen molar-refractivity contribution in [2.45, 2.75) is 20.4 Å². The number of rotatable bonds is 3. The van der Waals surface area contributed by atoms with Crippen molar-refractivity contribution in [3.63, 3.8) is 0 Å². The fourth-order valence-corrected chi connectivity index (χ4v) is 1.44. The fraction of sp³-hybridized carbons (Fsp3) is 0.400. The molecule has 0 fully saturated rings. The molecule has 0 amide bonds. The molecule has 0 aliphatic carbocycles. The Labute approximate surface area is 87.3 Å². The van der Waals surface area contributed by atoms with Crippen LogP contribution in [0.2, 0.25) is 0 Å². The Hall–Kier alpha value is -1.62. The molecule has 5 nitrogen and oxygen atoms in total. The predicted molar refractivity (Wildman–Crippen MR) is 54.3 cm³/mol. The van der Waals surface area contributed by atoms with Crippen LogP contribution in [0.4, 0.5) is 0 Å². The third kappa shape index (κ3) is 1.92. The van der Waals surface area contributed by atoms with Crippen LogP contribution in [0.5, 0.6) is 0 Å². The number of aryl methyl sites for hydroxylation is 2. The zero-order valence-corrected chi connectivity index (χ0v) is 8.77. The lowest BCUT2D eigenvalue weighted by Crippen LogP contribution is -2.05. The van der Waals surface area contributed by atoms with Gasteiger partial charge in [-0.25, -0.2) is 0 Å². The van der Waals surface area contributed by atoms with E-state index >= 15 is 0 Å². The Balaban J connectivity index is 2.33. The number of hydrogen-bond donors (Lipinski definition) is 1. The standard InChI is InChI=1S/C10H13N3O2/c1-7-5-9(11-13(7)3-4-14)10-6-8(2)15-12-10/h5-6,14H,3-4H2,1-2H3. The molecule has 0 atom stereocenters. The van der Waals surface area contributed by atoms with Crippen LogP contribution in [0.1, 0.15) is 11.5 Å². The average Bonchev–Trinajstić information content (AvgIpc) is 2.75. The molecule has 2 heterocycles. The third-order valence-electron chi connectivity index (χ3n) is 2.18. The number of aliphatic hydroxyl groups excluding tert-OH is 1. The van der Waals surface area contributed by atoms with Crippen LogP contribution in [0.3, 0.4) is 0 Å². The van der Waals surface area contributed by atoms with Gasteiger partial charge in [0.25, 0.3) is 0 Å². The maximum atomic E-state index is 8.83. The molecule has 0 saturated heterocycles. The zero-order chi connectivity index (χ0) is 10.8. The molecule has 0 aliphatic heterocycles.